The summed E-state index contributed by atoms with van der Waals surface area (Å²) in [7, 11) is 0. The molecule has 1 saturated heterocycles. The highest BCUT2D eigenvalue weighted by Crippen LogP contribution is 2.26. The van der Waals surface area contributed by atoms with Gasteiger partial charge in [-0.2, -0.15) is 0 Å². The fraction of sp³-hybridized carbons (Fsp3) is 0.286. The van der Waals surface area contributed by atoms with Crippen LogP contribution in [0.25, 0.3) is 11.5 Å². The van der Waals surface area contributed by atoms with Gasteiger partial charge in [-0.15, -0.1) is 10.2 Å². The Morgan fingerprint density at radius 2 is 1.74 bits per heavy atom. The van der Waals surface area contributed by atoms with E-state index in [0.717, 1.165) is 42.6 Å². The number of thioether (sulfide) groups is 1. The molecule has 4 rings (SSSR count). The molecule has 0 spiro atoms. The highest BCUT2D eigenvalue weighted by Gasteiger charge is 2.19. The van der Waals surface area contributed by atoms with Gasteiger partial charge < -0.3 is 9.32 Å². The lowest BCUT2D eigenvalue weighted by Crippen LogP contribution is -2.27. The summed E-state index contributed by atoms with van der Waals surface area (Å²) < 4.78 is 5.74. The van der Waals surface area contributed by atoms with Crippen LogP contribution in [0.5, 0.6) is 0 Å². The standard InChI is InChI=1S/C21H21N3O2S/c1-15-4-8-17(9-5-15)19-22-23-21(26-19)27-14-16-6-10-18(11-7-16)20(25)24-12-2-3-13-24/h4-11H,2-3,12-14H2,1H3. The summed E-state index contributed by atoms with van der Waals surface area (Å²) >= 11 is 1.50. The van der Waals surface area contributed by atoms with E-state index in [1.54, 1.807) is 0 Å². The van der Waals surface area contributed by atoms with E-state index in [-0.39, 0.29) is 5.91 Å². The minimum atomic E-state index is 0.131. The van der Waals surface area contributed by atoms with Crippen LogP contribution in [0, 0.1) is 6.92 Å². The van der Waals surface area contributed by atoms with Crippen LogP contribution in [0.4, 0.5) is 0 Å². The molecular weight excluding hydrogens is 358 g/mol. The normalized spacial score (nSPS) is 13.9. The summed E-state index contributed by atoms with van der Waals surface area (Å²) in [5, 5.41) is 8.78. The molecule has 0 atom stereocenters. The van der Waals surface area contributed by atoms with Crippen LogP contribution in [0.3, 0.4) is 0 Å². The highest BCUT2D eigenvalue weighted by molar-refractivity contribution is 7.98. The number of aryl methyl sites for hydroxylation is 1. The van der Waals surface area contributed by atoms with Crippen LogP contribution in [0.2, 0.25) is 0 Å². The molecular formula is C21H21N3O2S. The van der Waals surface area contributed by atoms with Gasteiger partial charge in [0.1, 0.15) is 0 Å². The van der Waals surface area contributed by atoms with Gasteiger partial charge in [-0.25, -0.2) is 0 Å². The molecule has 2 aromatic carbocycles. The van der Waals surface area contributed by atoms with E-state index in [0.29, 0.717) is 16.9 Å². The lowest BCUT2D eigenvalue weighted by Gasteiger charge is -2.15. The number of benzene rings is 2. The molecule has 5 nitrogen and oxygen atoms in total. The van der Waals surface area contributed by atoms with Crippen molar-refractivity contribution in [3.8, 4) is 11.5 Å². The largest absolute Gasteiger partial charge is 0.411 e. The van der Waals surface area contributed by atoms with Crippen LogP contribution in [0.15, 0.2) is 58.2 Å². The topological polar surface area (TPSA) is 59.2 Å². The van der Waals surface area contributed by atoms with E-state index in [2.05, 4.69) is 10.2 Å². The molecule has 1 fully saturated rings. The van der Waals surface area contributed by atoms with E-state index in [9.17, 15) is 4.79 Å². The Morgan fingerprint density at radius 3 is 2.44 bits per heavy atom. The molecule has 3 aromatic rings. The predicted molar refractivity (Wildman–Crippen MR) is 106 cm³/mol. The number of likely N-dealkylation sites (tertiary alicyclic amines) is 1. The van der Waals surface area contributed by atoms with Crippen molar-refractivity contribution < 1.29 is 9.21 Å². The van der Waals surface area contributed by atoms with E-state index in [1.165, 1.54) is 17.3 Å². The Labute approximate surface area is 162 Å². The van der Waals surface area contributed by atoms with Crippen LogP contribution < -0.4 is 0 Å². The van der Waals surface area contributed by atoms with Crippen LogP contribution in [-0.2, 0) is 5.75 Å². The third kappa shape index (κ3) is 4.22. The Hall–Kier alpha value is -2.60. The van der Waals surface area contributed by atoms with Gasteiger partial charge in [0, 0.05) is 30.0 Å². The average molecular weight is 379 g/mol. The second-order valence-corrected chi connectivity index (χ2v) is 7.65. The molecule has 0 N–H and O–H groups in total. The van der Waals surface area contributed by atoms with Crippen LogP contribution in [-0.4, -0.2) is 34.1 Å². The molecule has 27 heavy (non-hydrogen) atoms. The molecule has 6 heteroatoms. The monoisotopic (exact) mass is 379 g/mol. The fourth-order valence-corrected chi connectivity index (χ4v) is 3.79. The van der Waals surface area contributed by atoms with Gasteiger partial charge in [0.2, 0.25) is 5.89 Å². The third-order valence-corrected chi connectivity index (χ3v) is 5.55. The summed E-state index contributed by atoms with van der Waals surface area (Å²) in [6.07, 6.45) is 2.21. The van der Waals surface area contributed by atoms with Crippen molar-refractivity contribution in [1.29, 1.82) is 0 Å². The maximum absolute atomic E-state index is 12.4. The second kappa shape index (κ2) is 7.96. The van der Waals surface area contributed by atoms with Gasteiger partial charge in [-0.1, -0.05) is 41.6 Å². The number of aromatic nitrogens is 2. The summed E-state index contributed by atoms with van der Waals surface area (Å²) in [5.74, 6) is 1.38. The number of carbonyl (C=O) groups excluding carboxylic acids is 1. The Kier molecular flexibility index (Phi) is 5.25. The quantitative estimate of drug-likeness (QED) is 0.608. The fourth-order valence-electron chi connectivity index (χ4n) is 3.07. The first kappa shape index (κ1) is 17.8. The SMILES string of the molecule is Cc1ccc(-c2nnc(SCc3ccc(C(=O)N4CCCC4)cc3)o2)cc1. The van der Waals surface area contributed by atoms with Crippen molar-refractivity contribution >= 4 is 17.7 Å². The van der Waals surface area contributed by atoms with Gasteiger partial charge in [0.15, 0.2) is 0 Å². The molecule has 2 heterocycles. The number of carbonyl (C=O) groups is 1. The summed E-state index contributed by atoms with van der Waals surface area (Å²) in [6.45, 7) is 3.79. The number of hydrogen-bond donors (Lipinski definition) is 0. The lowest BCUT2D eigenvalue weighted by molar-refractivity contribution is 0.0793. The van der Waals surface area contributed by atoms with Crippen molar-refractivity contribution in [2.24, 2.45) is 0 Å². The second-order valence-electron chi connectivity index (χ2n) is 6.72. The van der Waals surface area contributed by atoms with Crippen molar-refractivity contribution in [1.82, 2.24) is 15.1 Å². The van der Waals surface area contributed by atoms with Gasteiger partial charge in [-0.3, -0.25) is 4.79 Å². The summed E-state index contributed by atoms with van der Waals surface area (Å²) in [4.78, 5) is 14.3. The summed E-state index contributed by atoms with van der Waals surface area (Å²) in [6, 6.07) is 15.8. The number of nitrogens with zero attached hydrogens (tertiary/aromatic N) is 3. The van der Waals surface area contributed by atoms with Gasteiger partial charge in [0.25, 0.3) is 11.1 Å². The predicted octanol–water partition coefficient (Wildman–Crippen LogP) is 4.57. The molecule has 138 valence electrons. The zero-order valence-corrected chi connectivity index (χ0v) is 16.0. The van der Waals surface area contributed by atoms with Gasteiger partial charge >= 0.3 is 0 Å². The van der Waals surface area contributed by atoms with Gasteiger partial charge in [-0.05, 0) is 49.6 Å². The molecule has 0 unspecified atom stereocenters. The maximum atomic E-state index is 12.4. The van der Waals surface area contributed by atoms with E-state index in [4.69, 9.17) is 4.42 Å². The number of rotatable bonds is 5. The highest BCUT2D eigenvalue weighted by atomic mass is 32.2. The molecule has 1 aromatic heterocycles. The molecule has 1 aliphatic heterocycles. The molecule has 0 bridgehead atoms. The van der Waals surface area contributed by atoms with Gasteiger partial charge in [0.05, 0.1) is 0 Å². The molecule has 0 aliphatic carbocycles. The first-order valence-corrected chi connectivity index (χ1v) is 10.1. The van der Waals surface area contributed by atoms with E-state index < -0.39 is 0 Å². The Balaban J connectivity index is 1.36. The molecule has 1 amide bonds. The molecule has 0 saturated carbocycles. The maximum Gasteiger partial charge on any atom is 0.277 e. The first-order chi connectivity index (χ1) is 13.2. The van der Waals surface area contributed by atoms with Crippen molar-refractivity contribution in [3.05, 3.63) is 65.2 Å². The Morgan fingerprint density at radius 1 is 1.04 bits per heavy atom. The zero-order chi connectivity index (χ0) is 18.6. The lowest BCUT2D eigenvalue weighted by atomic mass is 10.1. The van der Waals surface area contributed by atoms with E-state index >= 15 is 0 Å². The Bertz CT molecular complexity index is 913. The summed E-state index contributed by atoms with van der Waals surface area (Å²) in [5.41, 5.74) is 3.99. The number of hydrogen-bond acceptors (Lipinski definition) is 5. The van der Waals surface area contributed by atoms with Crippen molar-refractivity contribution in [3.63, 3.8) is 0 Å². The smallest absolute Gasteiger partial charge is 0.277 e. The molecule has 0 radical (unpaired) electrons. The average Bonchev–Trinajstić information content (AvgIpc) is 3.39. The van der Waals surface area contributed by atoms with Crippen LogP contribution >= 0.6 is 11.8 Å². The molecule has 1 aliphatic rings. The minimum absolute atomic E-state index is 0.131. The number of amides is 1. The third-order valence-electron chi connectivity index (χ3n) is 4.66. The van der Waals surface area contributed by atoms with E-state index in [1.807, 2.05) is 60.4 Å². The van der Waals surface area contributed by atoms with Crippen LogP contribution in [0.1, 0.15) is 34.3 Å². The van der Waals surface area contributed by atoms with Crippen molar-refractivity contribution in [2.75, 3.05) is 13.1 Å². The van der Waals surface area contributed by atoms with Crippen molar-refractivity contribution in [2.45, 2.75) is 30.7 Å². The minimum Gasteiger partial charge on any atom is -0.411 e. The first-order valence-electron chi connectivity index (χ1n) is 9.10. The zero-order valence-electron chi connectivity index (χ0n) is 15.2.